The molecule has 1 aliphatic heterocycles. The van der Waals surface area contributed by atoms with Crippen molar-refractivity contribution in [3.63, 3.8) is 0 Å². The topological polar surface area (TPSA) is 59.6 Å². The number of nitrogens with one attached hydrogen (secondary N) is 2. The molecule has 0 bridgehead atoms. The van der Waals surface area contributed by atoms with Crippen LogP contribution in [0.4, 0.5) is 4.39 Å². The fourth-order valence-electron chi connectivity index (χ4n) is 2.89. The van der Waals surface area contributed by atoms with Crippen molar-refractivity contribution in [2.24, 2.45) is 0 Å². The van der Waals surface area contributed by atoms with Gasteiger partial charge in [0.05, 0.1) is 12.0 Å². The third kappa shape index (κ3) is 4.73. The zero-order valence-electron chi connectivity index (χ0n) is 13.6. The first-order chi connectivity index (χ1) is 11.2. The minimum Gasteiger partial charge on any atom is -0.383 e. The molecular formula is C17H25FN2O3. The van der Waals surface area contributed by atoms with Crippen LogP contribution in [0.15, 0.2) is 24.3 Å². The summed E-state index contributed by atoms with van der Waals surface area (Å²) in [5, 5.41) is 6.15. The second kappa shape index (κ2) is 8.96. The summed E-state index contributed by atoms with van der Waals surface area (Å²) in [5.41, 5.74) is 0.0259. The lowest BCUT2D eigenvalue weighted by molar-refractivity contribution is -0.130. The summed E-state index contributed by atoms with van der Waals surface area (Å²) in [6, 6.07) is 6.34. The molecule has 0 atom stereocenters. The quantitative estimate of drug-likeness (QED) is 0.706. The maximum Gasteiger partial charge on any atom is 0.230 e. The van der Waals surface area contributed by atoms with E-state index < -0.39 is 5.41 Å². The molecule has 1 aliphatic rings. The highest BCUT2D eigenvalue weighted by Crippen LogP contribution is 2.35. The molecule has 128 valence electrons. The molecule has 0 radical (unpaired) electrons. The van der Waals surface area contributed by atoms with Gasteiger partial charge in [-0.15, -0.1) is 0 Å². The second-order valence-electron chi connectivity index (χ2n) is 5.70. The number of amides is 1. The predicted molar refractivity (Wildman–Crippen MR) is 85.9 cm³/mol. The van der Waals surface area contributed by atoms with Gasteiger partial charge in [-0.2, -0.15) is 0 Å². The van der Waals surface area contributed by atoms with Crippen molar-refractivity contribution < 1.29 is 18.7 Å². The molecule has 1 amide bonds. The number of carbonyl (C=O) groups excluding carboxylic acids is 1. The number of halogens is 1. The lowest BCUT2D eigenvalue weighted by Gasteiger charge is -2.36. The fourth-order valence-corrected chi connectivity index (χ4v) is 2.89. The standard InChI is InChI=1S/C17H25FN2O3/c1-22-12-9-19-7-8-20-16(21)17(5-10-23-11-6-17)14-3-2-4-15(18)13-14/h2-4,13,19H,5-12H2,1H3,(H,20,21). The molecule has 0 saturated carbocycles. The highest BCUT2D eigenvalue weighted by atomic mass is 19.1. The number of methoxy groups -OCH3 is 1. The van der Waals surface area contributed by atoms with E-state index in [4.69, 9.17) is 9.47 Å². The van der Waals surface area contributed by atoms with Crippen LogP contribution in [0, 0.1) is 5.82 Å². The summed E-state index contributed by atoms with van der Waals surface area (Å²) in [6.07, 6.45) is 1.14. The highest BCUT2D eigenvalue weighted by molar-refractivity contribution is 5.88. The zero-order chi connectivity index (χ0) is 16.5. The van der Waals surface area contributed by atoms with Gasteiger partial charge in [0.1, 0.15) is 5.82 Å². The van der Waals surface area contributed by atoms with Crippen molar-refractivity contribution in [3.05, 3.63) is 35.6 Å². The van der Waals surface area contributed by atoms with Gasteiger partial charge in [0, 0.05) is 40.0 Å². The molecule has 1 aromatic carbocycles. The Labute approximate surface area is 136 Å². The predicted octanol–water partition coefficient (Wildman–Crippen LogP) is 1.23. The minimum atomic E-state index is -0.702. The van der Waals surface area contributed by atoms with E-state index in [2.05, 4.69) is 10.6 Å². The van der Waals surface area contributed by atoms with E-state index in [0.717, 1.165) is 12.1 Å². The first-order valence-electron chi connectivity index (χ1n) is 8.01. The average molecular weight is 324 g/mol. The van der Waals surface area contributed by atoms with Crippen molar-refractivity contribution in [1.29, 1.82) is 0 Å². The van der Waals surface area contributed by atoms with Crippen LogP contribution >= 0.6 is 0 Å². The molecule has 0 aliphatic carbocycles. The Balaban J connectivity index is 1.99. The monoisotopic (exact) mass is 324 g/mol. The normalized spacial score (nSPS) is 17.0. The largest absolute Gasteiger partial charge is 0.383 e. The lowest BCUT2D eigenvalue weighted by atomic mass is 9.73. The summed E-state index contributed by atoms with van der Waals surface area (Å²) in [4.78, 5) is 12.8. The van der Waals surface area contributed by atoms with Gasteiger partial charge in [0.15, 0.2) is 0 Å². The number of rotatable bonds is 8. The average Bonchev–Trinajstić information content (AvgIpc) is 2.58. The molecule has 1 saturated heterocycles. The summed E-state index contributed by atoms with van der Waals surface area (Å²) >= 11 is 0. The molecule has 1 aromatic rings. The smallest absolute Gasteiger partial charge is 0.230 e. The Morgan fingerprint density at radius 3 is 2.78 bits per heavy atom. The molecule has 1 heterocycles. The van der Waals surface area contributed by atoms with Crippen LogP contribution in [0.1, 0.15) is 18.4 Å². The van der Waals surface area contributed by atoms with Crippen molar-refractivity contribution in [2.45, 2.75) is 18.3 Å². The Kier molecular flexibility index (Phi) is 6.95. The molecule has 5 nitrogen and oxygen atoms in total. The van der Waals surface area contributed by atoms with Crippen molar-refractivity contribution in [3.8, 4) is 0 Å². The van der Waals surface area contributed by atoms with E-state index in [-0.39, 0.29) is 11.7 Å². The van der Waals surface area contributed by atoms with Crippen LogP contribution in [0.25, 0.3) is 0 Å². The third-order valence-corrected chi connectivity index (χ3v) is 4.23. The Morgan fingerprint density at radius 1 is 1.30 bits per heavy atom. The maximum atomic E-state index is 13.6. The molecule has 0 spiro atoms. The van der Waals surface area contributed by atoms with Crippen LogP contribution in [0.3, 0.4) is 0 Å². The van der Waals surface area contributed by atoms with E-state index in [0.29, 0.717) is 45.8 Å². The van der Waals surface area contributed by atoms with Gasteiger partial charge in [-0.05, 0) is 30.5 Å². The van der Waals surface area contributed by atoms with Gasteiger partial charge in [0.25, 0.3) is 0 Å². The molecule has 2 N–H and O–H groups in total. The van der Waals surface area contributed by atoms with Crippen molar-refractivity contribution in [2.75, 3.05) is 46.6 Å². The number of ether oxygens (including phenoxy) is 2. The van der Waals surface area contributed by atoms with Gasteiger partial charge in [0.2, 0.25) is 5.91 Å². The summed E-state index contributed by atoms with van der Waals surface area (Å²) in [6.45, 7) is 3.60. The first-order valence-corrected chi connectivity index (χ1v) is 8.01. The Bertz CT molecular complexity index is 504. The van der Waals surface area contributed by atoms with Crippen LogP contribution in [0.2, 0.25) is 0 Å². The van der Waals surface area contributed by atoms with E-state index >= 15 is 0 Å². The molecule has 0 aromatic heterocycles. The van der Waals surface area contributed by atoms with Gasteiger partial charge in [-0.3, -0.25) is 4.79 Å². The van der Waals surface area contributed by atoms with Crippen LogP contribution < -0.4 is 10.6 Å². The molecule has 0 unspecified atom stereocenters. The van der Waals surface area contributed by atoms with Crippen LogP contribution in [0.5, 0.6) is 0 Å². The number of benzene rings is 1. The van der Waals surface area contributed by atoms with E-state index in [9.17, 15) is 9.18 Å². The first kappa shape index (κ1) is 17.8. The molecule has 1 fully saturated rings. The van der Waals surface area contributed by atoms with Gasteiger partial charge < -0.3 is 20.1 Å². The molecular weight excluding hydrogens is 299 g/mol. The SMILES string of the molecule is COCCNCCNC(=O)C1(c2cccc(F)c2)CCOCC1. The Morgan fingerprint density at radius 2 is 2.09 bits per heavy atom. The lowest BCUT2D eigenvalue weighted by Crippen LogP contribution is -2.49. The van der Waals surface area contributed by atoms with Crippen LogP contribution in [-0.4, -0.2) is 52.5 Å². The van der Waals surface area contributed by atoms with E-state index in [1.165, 1.54) is 12.1 Å². The van der Waals surface area contributed by atoms with Crippen molar-refractivity contribution in [1.82, 2.24) is 10.6 Å². The van der Waals surface area contributed by atoms with Crippen molar-refractivity contribution >= 4 is 5.91 Å². The van der Waals surface area contributed by atoms with Crippen LogP contribution in [-0.2, 0) is 19.7 Å². The number of hydrogen-bond acceptors (Lipinski definition) is 4. The summed E-state index contributed by atoms with van der Waals surface area (Å²) in [5.74, 6) is -0.373. The summed E-state index contributed by atoms with van der Waals surface area (Å²) in [7, 11) is 1.65. The summed E-state index contributed by atoms with van der Waals surface area (Å²) < 4.78 is 23.9. The number of carbonyl (C=O) groups is 1. The van der Waals surface area contributed by atoms with E-state index in [1.807, 2.05) is 6.07 Å². The van der Waals surface area contributed by atoms with Gasteiger partial charge >= 0.3 is 0 Å². The Hall–Kier alpha value is -1.50. The number of hydrogen-bond donors (Lipinski definition) is 2. The minimum absolute atomic E-state index is 0.0556. The third-order valence-electron chi connectivity index (χ3n) is 4.23. The zero-order valence-corrected chi connectivity index (χ0v) is 13.6. The second-order valence-corrected chi connectivity index (χ2v) is 5.70. The molecule has 23 heavy (non-hydrogen) atoms. The highest BCUT2D eigenvalue weighted by Gasteiger charge is 2.41. The molecule has 6 heteroatoms. The van der Waals surface area contributed by atoms with Gasteiger partial charge in [-0.25, -0.2) is 4.39 Å². The fraction of sp³-hybridized carbons (Fsp3) is 0.588. The maximum absolute atomic E-state index is 13.6. The molecule has 2 rings (SSSR count). The van der Waals surface area contributed by atoms with E-state index in [1.54, 1.807) is 13.2 Å². The van der Waals surface area contributed by atoms with Gasteiger partial charge in [-0.1, -0.05) is 12.1 Å².